The number of carbonyl (C=O) groups excluding carboxylic acids is 2. The van der Waals surface area contributed by atoms with Gasteiger partial charge in [0.2, 0.25) is 11.8 Å². The standard InChI is InChI=1S/C31H38ClN3O5S/c1-6-23(4)33-31(37)29(7-2)34(20-24-10-8-22(3)9-11-24)30(36)21-35(26-14-12-25(32)13-15-26)41(38,39)28-18-16-27(40-5)17-19-28/h8-19,23,29H,6-7,20-21H2,1-5H3,(H,33,37)/t23-,29+/m0/s1. The Labute approximate surface area is 248 Å². The Morgan fingerprint density at radius 3 is 2.07 bits per heavy atom. The van der Waals surface area contributed by atoms with Crippen molar-refractivity contribution in [3.8, 4) is 5.75 Å². The molecule has 0 aliphatic rings. The molecular formula is C31H38ClN3O5S. The van der Waals surface area contributed by atoms with E-state index in [1.807, 2.05) is 52.0 Å². The van der Waals surface area contributed by atoms with Gasteiger partial charge in [0, 0.05) is 17.6 Å². The van der Waals surface area contributed by atoms with Crippen LogP contribution in [0.2, 0.25) is 5.02 Å². The number of hydrogen-bond acceptors (Lipinski definition) is 5. The molecule has 3 aromatic carbocycles. The van der Waals surface area contributed by atoms with Crippen LogP contribution in [-0.2, 0) is 26.2 Å². The van der Waals surface area contributed by atoms with Gasteiger partial charge >= 0.3 is 0 Å². The van der Waals surface area contributed by atoms with Crippen LogP contribution < -0.4 is 14.4 Å². The number of anilines is 1. The number of amides is 2. The van der Waals surface area contributed by atoms with Gasteiger partial charge in [-0.2, -0.15) is 0 Å². The summed E-state index contributed by atoms with van der Waals surface area (Å²) < 4.78 is 34.1. The maximum absolute atomic E-state index is 14.1. The second-order valence-electron chi connectivity index (χ2n) is 9.91. The first-order valence-electron chi connectivity index (χ1n) is 13.6. The number of methoxy groups -OCH3 is 1. The van der Waals surface area contributed by atoms with Crippen molar-refractivity contribution in [2.24, 2.45) is 0 Å². The minimum absolute atomic E-state index is 0.00677. The average molecular weight is 600 g/mol. The Hall–Kier alpha value is -3.56. The van der Waals surface area contributed by atoms with Gasteiger partial charge in [-0.15, -0.1) is 0 Å². The summed E-state index contributed by atoms with van der Waals surface area (Å²) in [4.78, 5) is 28.9. The second-order valence-corrected chi connectivity index (χ2v) is 12.2. The molecule has 0 fully saturated rings. The molecule has 41 heavy (non-hydrogen) atoms. The van der Waals surface area contributed by atoms with Gasteiger partial charge in [-0.1, -0.05) is 55.3 Å². The van der Waals surface area contributed by atoms with Gasteiger partial charge in [0.05, 0.1) is 17.7 Å². The molecule has 0 radical (unpaired) electrons. The minimum atomic E-state index is -4.19. The molecule has 3 aromatic rings. The highest BCUT2D eigenvalue weighted by Crippen LogP contribution is 2.27. The highest BCUT2D eigenvalue weighted by molar-refractivity contribution is 7.92. The van der Waals surface area contributed by atoms with Crippen LogP contribution in [0.4, 0.5) is 5.69 Å². The summed E-state index contributed by atoms with van der Waals surface area (Å²) in [5.74, 6) is -0.289. The zero-order chi connectivity index (χ0) is 30.2. The van der Waals surface area contributed by atoms with Crippen LogP contribution in [0, 0.1) is 6.92 Å². The van der Waals surface area contributed by atoms with Crippen LogP contribution >= 0.6 is 11.6 Å². The fourth-order valence-corrected chi connectivity index (χ4v) is 5.80. The van der Waals surface area contributed by atoms with E-state index in [2.05, 4.69) is 5.32 Å². The van der Waals surface area contributed by atoms with E-state index >= 15 is 0 Å². The predicted octanol–water partition coefficient (Wildman–Crippen LogP) is 5.57. The number of hydrogen-bond donors (Lipinski definition) is 1. The van der Waals surface area contributed by atoms with E-state index in [0.29, 0.717) is 17.2 Å². The number of carbonyl (C=O) groups is 2. The summed E-state index contributed by atoms with van der Waals surface area (Å²) in [5.41, 5.74) is 2.16. The Morgan fingerprint density at radius 2 is 1.54 bits per heavy atom. The van der Waals surface area contributed by atoms with Gasteiger partial charge < -0.3 is 15.0 Å². The molecule has 220 valence electrons. The number of nitrogens with zero attached hydrogens (tertiary/aromatic N) is 2. The normalized spacial score (nSPS) is 12.7. The molecule has 2 amide bonds. The number of halogens is 1. The number of aryl methyl sites for hydroxylation is 1. The third-order valence-electron chi connectivity index (χ3n) is 6.90. The highest BCUT2D eigenvalue weighted by Gasteiger charge is 2.34. The smallest absolute Gasteiger partial charge is 0.264 e. The Balaban J connectivity index is 2.05. The molecule has 10 heteroatoms. The third kappa shape index (κ3) is 8.24. The molecule has 0 heterocycles. The first-order chi connectivity index (χ1) is 19.5. The number of rotatable bonds is 13. The number of ether oxygens (including phenoxy) is 1. The molecule has 8 nitrogen and oxygen atoms in total. The molecule has 3 rings (SSSR count). The van der Waals surface area contributed by atoms with Crippen molar-refractivity contribution in [3.63, 3.8) is 0 Å². The van der Waals surface area contributed by atoms with E-state index in [4.69, 9.17) is 16.3 Å². The molecule has 0 unspecified atom stereocenters. The average Bonchev–Trinajstić information content (AvgIpc) is 2.97. The van der Waals surface area contributed by atoms with Crippen LogP contribution in [0.5, 0.6) is 5.75 Å². The first kappa shape index (κ1) is 32.0. The number of nitrogens with one attached hydrogen (secondary N) is 1. The summed E-state index contributed by atoms with van der Waals surface area (Å²) in [7, 11) is -2.70. The maximum atomic E-state index is 14.1. The zero-order valence-electron chi connectivity index (χ0n) is 24.1. The molecule has 0 spiro atoms. The van der Waals surface area contributed by atoms with Gasteiger partial charge in [0.25, 0.3) is 10.0 Å². The van der Waals surface area contributed by atoms with Gasteiger partial charge in [0.15, 0.2) is 0 Å². The lowest BCUT2D eigenvalue weighted by Gasteiger charge is -2.33. The molecule has 1 N–H and O–H groups in total. The third-order valence-corrected chi connectivity index (χ3v) is 8.94. The van der Waals surface area contributed by atoms with Crippen LogP contribution in [0.3, 0.4) is 0 Å². The second kappa shape index (κ2) is 14.4. The first-order valence-corrected chi connectivity index (χ1v) is 15.4. The monoisotopic (exact) mass is 599 g/mol. The van der Waals surface area contributed by atoms with Crippen molar-refractivity contribution in [2.75, 3.05) is 18.0 Å². The molecule has 2 atom stereocenters. The van der Waals surface area contributed by atoms with Crippen molar-refractivity contribution in [1.82, 2.24) is 10.2 Å². The predicted molar refractivity (Wildman–Crippen MR) is 163 cm³/mol. The summed E-state index contributed by atoms with van der Waals surface area (Å²) in [6.07, 6.45) is 1.09. The molecule has 0 aliphatic heterocycles. The number of sulfonamides is 1. The van der Waals surface area contributed by atoms with Crippen LogP contribution in [-0.4, -0.2) is 50.9 Å². The Morgan fingerprint density at radius 1 is 0.927 bits per heavy atom. The minimum Gasteiger partial charge on any atom is -0.497 e. The van der Waals surface area contributed by atoms with Crippen LogP contribution in [0.1, 0.15) is 44.7 Å². The van der Waals surface area contributed by atoms with E-state index in [-0.39, 0.29) is 29.1 Å². The molecule has 0 saturated carbocycles. The number of benzene rings is 3. The summed E-state index contributed by atoms with van der Waals surface area (Å²) in [6.45, 7) is 7.30. The zero-order valence-corrected chi connectivity index (χ0v) is 25.7. The van der Waals surface area contributed by atoms with E-state index in [9.17, 15) is 18.0 Å². The quantitative estimate of drug-likeness (QED) is 0.277. The summed E-state index contributed by atoms with van der Waals surface area (Å²) in [5, 5.41) is 3.40. The lowest BCUT2D eigenvalue weighted by atomic mass is 10.1. The summed E-state index contributed by atoms with van der Waals surface area (Å²) in [6, 6.07) is 19.0. The SMILES string of the molecule is CC[C@H](C(=O)N[C@@H](C)CC)N(Cc1ccc(C)cc1)C(=O)CN(c1ccc(Cl)cc1)S(=O)(=O)c1ccc(OC)cc1. The van der Waals surface area contributed by atoms with Crippen molar-refractivity contribution < 1.29 is 22.7 Å². The van der Waals surface area contributed by atoms with Crippen LogP contribution in [0.25, 0.3) is 0 Å². The van der Waals surface area contributed by atoms with E-state index in [1.54, 1.807) is 36.4 Å². The van der Waals surface area contributed by atoms with Gasteiger partial charge in [0.1, 0.15) is 18.3 Å². The van der Waals surface area contributed by atoms with Gasteiger partial charge in [-0.05, 0) is 80.8 Å². The van der Waals surface area contributed by atoms with Crippen molar-refractivity contribution in [3.05, 3.63) is 88.9 Å². The van der Waals surface area contributed by atoms with Crippen LogP contribution in [0.15, 0.2) is 77.7 Å². The van der Waals surface area contributed by atoms with Crippen molar-refractivity contribution in [2.45, 2.75) is 64.1 Å². The summed E-state index contributed by atoms with van der Waals surface area (Å²) >= 11 is 6.09. The lowest BCUT2D eigenvalue weighted by molar-refractivity contribution is -0.140. The van der Waals surface area contributed by atoms with E-state index < -0.39 is 28.5 Å². The fraction of sp³-hybridized carbons (Fsp3) is 0.355. The van der Waals surface area contributed by atoms with Crippen molar-refractivity contribution >= 4 is 39.1 Å². The fourth-order valence-electron chi connectivity index (χ4n) is 4.26. The topological polar surface area (TPSA) is 96.0 Å². The van der Waals surface area contributed by atoms with Gasteiger partial charge in [-0.3, -0.25) is 13.9 Å². The van der Waals surface area contributed by atoms with Crippen molar-refractivity contribution in [1.29, 1.82) is 0 Å². The van der Waals surface area contributed by atoms with E-state index in [0.717, 1.165) is 21.9 Å². The van der Waals surface area contributed by atoms with E-state index in [1.165, 1.54) is 24.1 Å². The van der Waals surface area contributed by atoms with Gasteiger partial charge in [-0.25, -0.2) is 8.42 Å². The molecule has 0 saturated heterocycles. The maximum Gasteiger partial charge on any atom is 0.264 e. The Bertz CT molecular complexity index is 1410. The lowest BCUT2D eigenvalue weighted by Crippen LogP contribution is -2.53. The highest BCUT2D eigenvalue weighted by atomic mass is 35.5. The Kier molecular flexibility index (Phi) is 11.2. The molecule has 0 aromatic heterocycles. The molecular weight excluding hydrogens is 562 g/mol. The molecule has 0 bridgehead atoms. The largest absolute Gasteiger partial charge is 0.497 e. The molecule has 0 aliphatic carbocycles.